The highest BCUT2D eigenvalue weighted by Gasteiger charge is 2.27. The summed E-state index contributed by atoms with van der Waals surface area (Å²) in [7, 11) is 1.63. The van der Waals surface area contributed by atoms with Gasteiger partial charge in [-0.05, 0) is 43.7 Å². The fourth-order valence-corrected chi connectivity index (χ4v) is 3.45. The maximum absolute atomic E-state index is 12.3. The molecule has 0 bridgehead atoms. The van der Waals surface area contributed by atoms with E-state index in [-0.39, 0.29) is 11.9 Å². The second kappa shape index (κ2) is 7.44. The quantitative estimate of drug-likeness (QED) is 0.648. The van der Waals surface area contributed by atoms with Crippen molar-refractivity contribution in [3.05, 3.63) is 59.3 Å². The first-order chi connectivity index (χ1) is 13.5. The van der Waals surface area contributed by atoms with E-state index in [2.05, 4.69) is 32.0 Å². The zero-order valence-electron chi connectivity index (χ0n) is 16.1. The van der Waals surface area contributed by atoms with Crippen LogP contribution in [0, 0.1) is 13.8 Å². The van der Waals surface area contributed by atoms with Crippen LogP contribution < -0.4 is 20.7 Å². The minimum absolute atomic E-state index is 0.0443. The molecule has 0 radical (unpaired) electrons. The van der Waals surface area contributed by atoms with Gasteiger partial charge in [0.1, 0.15) is 5.75 Å². The van der Waals surface area contributed by atoms with Gasteiger partial charge in [0.15, 0.2) is 6.29 Å². The number of aromatic nitrogens is 2. The van der Waals surface area contributed by atoms with Crippen LogP contribution >= 0.6 is 0 Å². The molecule has 7 nitrogen and oxygen atoms in total. The molecule has 0 saturated carbocycles. The van der Waals surface area contributed by atoms with Gasteiger partial charge in [0.2, 0.25) is 11.9 Å². The maximum Gasteiger partial charge on any atom is 0.226 e. The number of methoxy groups -OCH3 is 1. The Kier molecular flexibility index (Phi) is 4.83. The Morgan fingerprint density at radius 3 is 2.82 bits per heavy atom. The number of nitrogens with one attached hydrogen (secondary N) is 3. The normalized spacial score (nSPS) is 19.3. The summed E-state index contributed by atoms with van der Waals surface area (Å²) in [5.74, 6) is 1.19. The zero-order valence-corrected chi connectivity index (χ0v) is 16.1. The number of carbonyl (C=O) groups excluding carboxylic acids is 1. The molecule has 1 amide bonds. The molecule has 1 saturated heterocycles. The summed E-state index contributed by atoms with van der Waals surface area (Å²) in [6, 6.07) is 13.7. The number of aryl methyl sites for hydroxylation is 2. The van der Waals surface area contributed by atoms with Gasteiger partial charge < -0.3 is 15.4 Å². The zero-order chi connectivity index (χ0) is 19.7. The summed E-state index contributed by atoms with van der Waals surface area (Å²) in [6.45, 7) is 4.01. The van der Waals surface area contributed by atoms with Crippen molar-refractivity contribution in [3.63, 3.8) is 0 Å². The summed E-state index contributed by atoms with van der Waals surface area (Å²) in [5.41, 5.74) is 3.92. The number of fused-ring (bicyclic) bond motifs is 1. The average molecular weight is 377 g/mol. The monoisotopic (exact) mass is 377 g/mol. The lowest BCUT2D eigenvalue weighted by atomic mass is 10.0. The maximum atomic E-state index is 12.3. The first kappa shape index (κ1) is 18.2. The van der Waals surface area contributed by atoms with E-state index < -0.39 is 6.29 Å². The Hall–Kier alpha value is -3.19. The molecule has 7 heteroatoms. The van der Waals surface area contributed by atoms with Gasteiger partial charge >= 0.3 is 0 Å². The van der Waals surface area contributed by atoms with Gasteiger partial charge in [-0.1, -0.05) is 23.8 Å². The summed E-state index contributed by atoms with van der Waals surface area (Å²) in [6.07, 6.45) is -0.123. The molecule has 1 aliphatic heterocycles. The van der Waals surface area contributed by atoms with Gasteiger partial charge in [0.05, 0.1) is 18.3 Å². The molecule has 28 heavy (non-hydrogen) atoms. The Balaban J connectivity index is 1.56. The molecule has 1 aromatic heterocycles. The number of hydrogen-bond donors (Lipinski definition) is 3. The highest BCUT2D eigenvalue weighted by molar-refractivity contribution is 5.82. The van der Waals surface area contributed by atoms with Crippen molar-refractivity contribution in [1.82, 2.24) is 20.6 Å². The predicted molar refractivity (Wildman–Crippen MR) is 108 cm³/mol. The van der Waals surface area contributed by atoms with Crippen molar-refractivity contribution in [2.75, 3.05) is 12.4 Å². The van der Waals surface area contributed by atoms with Crippen LogP contribution in [0.3, 0.4) is 0 Å². The number of rotatable bonds is 4. The van der Waals surface area contributed by atoms with E-state index >= 15 is 0 Å². The standard InChI is InChI=1S/C21H23N5O2/c1-12-7-8-17-16(9-12)13(2)22-20(23-17)26-21-24-18(11-19(27)25-21)14-5-4-6-15(10-14)28-3/h4-10,18,21,24H,11H2,1-3H3,(H,25,27)(H,22,23,26). The van der Waals surface area contributed by atoms with Crippen LogP contribution in [0.25, 0.3) is 10.9 Å². The van der Waals surface area contributed by atoms with Crippen LogP contribution in [0.15, 0.2) is 42.5 Å². The molecular weight excluding hydrogens is 354 g/mol. The highest BCUT2D eigenvalue weighted by Crippen LogP contribution is 2.24. The summed E-state index contributed by atoms with van der Waals surface area (Å²) in [5, 5.41) is 10.5. The Morgan fingerprint density at radius 2 is 2.00 bits per heavy atom. The molecule has 4 rings (SSSR count). The third-order valence-corrected chi connectivity index (χ3v) is 4.87. The van der Waals surface area contributed by atoms with Gasteiger partial charge in [-0.2, -0.15) is 0 Å². The number of ether oxygens (including phenoxy) is 1. The van der Waals surface area contributed by atoms with Crippen molar-refractivity contribution in [2.45, 2.75) is 32.6 Å². The Morgan fingerprint density at radius 1 is 1.14 bits per heavy atom. The molecule has 1 aliphatic rings. The Bertz CT molecular complexity index is 1040. The summed E-state index contributed by atoms with van der Waals surface area (Å²) < 4.78 is 5.29. The molecule has 3 aromatic rings. The minimum atomic E-state index is -0.472. The fourth-order valence-electron chi connectivity index (χ4n) is 3.45. The van der Waals surface area contributed by atoms with Gasteiger partial charge in [0, 0.05) is 17.8 Å². The summed E-state index contributed by atoms with van der Waals surface area (Å²) in [4.78, 5) is 21.4. The lowest BCUT2D eigenvalue weighted by molar-refractivity contribution is -0.124. The van der Waals surface area contributed by atoms with Gasteiger partial charge in [0.25, 0.3) is 0 Å². The first-order valence-electron chi connectivity index (χ1n) is 9.23. The second-order valence-electron chi connectivity index (χ2n) is 7.00. The van der Waals surface area contributed by atoms with E-state index in [1.807, 2.05) is 50.2 Å². The van der Waals surface area contributed by atoms with Gasteiger partial charge in [-0.15, -0.1) is 0 Å². The van der Waals surface area contributed by atoms with Crippen molar-refractivity contribution in [1.29, 1.82) is 0 Å². The van der Waals surface area contributed by atoms with E-state index in [4.69, 9.17) is 4.74 Å². The van der Waals surface area contributed by atoms with Crippen LogP contribution in [0.5, 0.6) is 5.75 Å². The second-order valence-corrected chi connectivity index (χ2v) is 7.00. The molecule has 2 unspecified atom stereocenters. The molecule has 3 N–H and O–H groups in total. The topological polar surface area (TPSA) is 88.2 Å². The number of benzene rings is 2. The molecular formula is C21H23N5O2. The van der Waals surface area contributed by atoms with Gasteiger partial charge in [-0.3, -0.25) is 10.1 Å². The van der Waals surface area contributed by atoms with Crippen LogP contribution in [0.1, 0.15) is 29.3 Å². The number of nitrogens with zero attached hydrogens (tertiary/aromatic N) is 2. The van der Waals surface area contributed by atoms with Crippen LogP contribution in [-0.4, -0.2) is 29.3 Å². The van der Waals surface area contributed by atoms with Crippen LogP contribution in [0.2, 0.25) is 0 Å². The SMILES string of the molecule is COc1cccc(C2CC(=O)NC(Nc3nc(C)c4cc(C)ccc4n3)N2)c1. The van der Waals surface area contributed by atoms with E-state index in [9.17, 15) is 4.79 Å². The van der Waals surface area contributed by atoms with Crippen molar-refractivity contribution >= 4 is 22.8 Å². The number of hydrogen-bond acceptors (Lipinski definition) is 6. The van der Waals surface area contributed by atoms with Crippen molar-refractivity contribution in [2.24, 2.45) is 0 Å². The molecule has 0 spiro atoms. The van der Waals surface area contributed by atoms with E-state index in [1.54, 1.807) is 7.11 Å². The smallest absolute Gasteiger partial charge is 0.226 e. The van der Waals surface area contributed by atoms with E-state index in [0.717, 1.165) is 27.9 Å². The molecule has 2 heterocycles. The third kappa shape index (κ3) is 3.75. The van der Waals surface area contributed by atoms with E-state index in [1.165, 1.54) is 5.56 Å². The lowest BCUT2D eigenvalue weighted by Gasteiger charge is -2.32. The molecule has 144 valence electrons. The van der Waals surface area contributed by atoms with Crippen molar-refractivity contribution in [3.8, 4) is 5.75 Å². The number of anilines is 1. The average Bonchev–Trinajstić information content (AvgIpc) is 2.68. The first-order valence-corrected chi connectivity index (χ1v) is 9.23. The Labute approximate surface area is 163 Å². The minimum Gasteiger partial charge on any atom is -0.497 e. The van der Waals surface area contributed by atoms with Crippen LogP contribution in [0.4, 0.5) is 5.95 Å². The fraction of sp³-hybridized carbons (Fsp3) is 0.286. The van der Waals surface area contributed by atoms with Crippen LogP contribution in [-0.2, 0) is 4.79 Å². The molecule has 1 fully saturated rings. The van der Waals surface area contributed by atoms with E-state index in [0.29, 0.717) is 12.4 Å². The molecule has 0 aliphatic carbocycles. The number of carbonyl (C=O) groups is 1. The number of amides is 1. The largest absolute Gasteiger partial charge is 0.497 e. The summed E-state index contributed by atoms with van der Waals surface area (Å²) >= 11 is 0. The van der Waals surface area contributed by atoms with Gasteiger partial charge in [-0.25, -0.2) is 9.97 Å². The molecule has 2 atom stereocenters. The molecule has 2 aromatic carbocycles. The highest BCUT2D eigenvalue weighted by atomic mass is 16.5. The lowest BCUT2D eigenvalue weighted by Crippen LogP contribution is -2.56. The van der Waals surface area contributed by atoms with Crippen molar-refractivity contribution < 1.29 is 9.53 Å². The predicted octanol–water partition coefficient (Wildman–Crippen LogP) is 2.80. The third-order valence-electron chi connectivity index (χ3n) is 4.87.